The number of aromatic amines is 1. The van der Waals surface area contributed by atoms with Crippen LogP contribution in [0.2, 0.25) is 0 Å². The van der Waals surface area contributed by atoms with Crippen LogP contribution < -0.4 is 10.9 Å². The van der Waals surface area contributed by atoms with Gasteiger partial charge >= 0.3 is 0 Å². The molecule has 0 saturated heterocycles. The van der Waals surface area contributed by atoms with E-state index >= 15 is 0 Å². The molecule has 2 N–H and O–H groups in total. The first-order valence-corrected chi connectivity index (χ1v) is 4.61. The zero-order valence-electron chi connectivity index (χ0n) is 8.05. The third-order valence-corrected chi connectivity index (χ3v) is 1.90. The number of aromatic nitrogens is 4. The molecule has 0 spiro atoms. The molecule has 0 amide bonds. The zero-order valence-corrected chi connectivity index (χ0v) is 8.05. The van der Waals surface area contributed by atoms with Gasteiger partial charge in [-0.1, -0.05) is 0 Å². The summed E-state index contributed by atoms with van der Waals surface area (Å²) in [5.74, 6) is 0.338. The largest absolute Gasteiger partial charge is 0.364 e. The fourth-order valence-corrected chi connectivity index (χ4v) is 1.20. The minimum atomic E-state index is -0.210. The number of anilines is 1. The van der Waals surface area contributed by atoms with Crippen LogP contribution in [0.5, 0.6) is 0 Å². The van der Waals surface area contributed by atoms with Gasteiger partial charge in [-0.15, -0.1) is 0 Å². The lowest BCUT2D eigenvalue weighted by Crippen LogP contribution is -2.18. The molecule has 2 aromatic heterocycles. The lowest BCUT2D eigenvalue weighted by molar-refractivity contribution is 0.636. The van der Waals surface area contributed by atoms with Gasteiger partial charge in [-0.3, -0.25) is 9.48 Å². The van der Waals surface area contributed by atoms with Crippen molar-refractivity contribution in [3.8, 4) is 0 Å². The standard InChI is InChI=1S/C9H11N5O/c15-9-8(10-3-4-12-9)11-5-7-14-6-1-2-13-14/h1-4,6H,5,7H2,(H,10,11)(H,12,15). The van der Waals surface area contributed by atoms with Crippen LogP contribution in [-0.4, -0.2) is 26.3 Å². The van der Waals surface area contributed by atoms with E-state index in [0.717, 1.165) is 0 Å². The van der Waals surface area contributed by atoms with Gasteiger partial charge < -0.3 is 10.3 Å². The monoisotopic (exact) mass is 205 g/mol. The minimum Gasteiger partial charge on any atom is -0.364 e. The molecular formula is C9H11N5O. The first-order chi connectivity index (χ1) is 7.36. The summed E-state index contributed by atoms with van der Waals surface area (Å²) < 4.78 is 1.78. The summed E-state index contributed by atoms with van der Waals surface area (Å²) in [4.78, 5) is 17.7. The highest BCUT2D eigenvalue weighted by molar-refractivity contribution is 5.29. The number of H-pyrrole nitrogens is 1. The van der Waals surface area contributed by atoms with Crippen LogP contribution in [0.1, 0.15) is 0 Å². The summed E-state index contributed by atoms with van der Waals surface area (Å²) in [6, 6.07) is 1.85. The Balaban J connectivity index is 1.89. The third kappa shape index (κ3) is 2.43. The Bertz CT molecular complexity index is 461. The van der Waals surface area contributed by atoms with E-state index in [9.17, 15) is 4.79 Å². The molecule has 2 rings (SSSR count). The van der Waals surface area contributed by atoms with Gasteiger partial charge in [0, 0.05) is 31.3 Å². The molecule has 0 aliphatic rings. The normalized spacial score (nSPS) is 10.1. The van der Waals surface area contributed by atoms with Crippen LogP contribution in [0.25, 0.3) is 0 Å². The molecule has 78 valence electrons. The highest BCUT2D eigenvalue weighted by Crippen LogP contribution is 1.90. The van der Waals surface area contributed by atoms with E-state index in [-0.39, 0.29) is 5.56 Å². The molecule has 0 fully saturated rings. The smallest absolute Gasteiger partial charge is 0.290 e. The molecule has 0 saturated carbocycles. The van der Waals surface area contributed by atoms with Crippen molar-refractivity contribution < 1.29 is 0 Å². The minimum absolute atomic E-state index is 0.210. The quantitative estimate of drug-likeness (QED) is 0.741. The maximum Gasteiger partial charge on any atom is 0.290 e. The van der Waals surface area contributed by atoms with Crippen molar-refractivity contribution in [2.45, 2.75) is 6.54 Å². The van der Waals surface area contributed by atoms with E-state index in [1.807, 2.05) is 12.3 Å². The number of hydrogen-bond donors (Lipinski definition) is 2. The topological polar surface area (TPSA) is 75.6 Å². The average molecular weight is 205 g/mol. The molecule has 0 aromatic carbocycles. The number of nitrogens with zero attached hydrogens (tertiary/aromatic N) is 3. The molecule has 2 aromatic rings. The Morgan fingerprint density at radius 2 is 2.40 bits per heavy atom. The van der Waals surface area contributed by atoms with Crippen molar-refractivity contribution in [2.75, 3.05) is 11.9 Å². The lowest BCUT2D eigenvalue weighted by Gasteiger charge is -2.03. The van der Waals surface area contributed by atoms with Crippen molar-refractivity contribution in [3.05, 3.63) is 41.2 Å². The second-order valence-corrected chi connectivity index (χ2v) is 2.96. The Labute approximate surface area is 86.0 Å². The highest BCUT2D eigenvalue weighted by Gasteiger charge is 1.97. The van der Waals surface area contributed by atoms with E-state index in [0.29, 0.717) is 18.9 Å². The van der Waals surface area contributed by atoms with E-state index in [2.05, 4.69) is 20.4 Å². The second-order valence-electron chi connectivity index (χ2n) is 2.96. The molecule has 6 nitrogen and oxygen atoms in total. The number of rotatable bonds is 4. The Morgan fingerprint density at radius 3 is 3.13 bits per heavy atom. The summed E-state index contributed by atoms with van der Waals surface area (Å²) in [7, 11) is 0. The van der Waals surface area contributed by atoms with Crippen LogP contribution in [0.15, 0.2) is 35.6 Å². The molecule has 0 radical (unpaired) electrons. The highest BCUT2D eigenvalue weighted by atomic mass is 16.1. The van der Waals surface area contributed by atoms with Gasteiger partial charge in [-0.2, -0.15) is 5.10 Å². The predicted octanol–water partition coefficient (Wildman–Crippen LogP) is 0.0785. The van der Waals surface area contributed by atoms with Crippen molar-refractivity contribution in [1.82, 2.24) is 19.7 Å². The van der Waals surface area contributed by atoms with Gasteiger partial charge in [0.25, 0.3) is 5.56 Å². The fourth-order valence-electron chi connectivity index (χ4n) is 1.20. The van der Waals surface area contributed by atoms with E-state index in [4.69, 9.17) is 0 Å². The molecule has 15 heavy (non-hydrogen) atoms. The van der Waals surface area contributed by atoms with Gasteiger partial charge in [-0.25, -0.2) is 4.98 Å². The molecule has 0 unspecified atom stereocenters. The predicted molar refractivity (Wildman–Crippen MR) is 55.6 cm³/mol. The summed E-state index contributed by atoms with van der Waals surface area (Å²) in [5.41, 5.74) is -0.210. The van der Waals surface area contributed by atoms with Gasteiger partial charge in [0.15, 0.2) is 5.82 Å². The SMILES string of the molecule is O=c1[nH]ccnc1NCCn1cccn1. The third-order valence-electron chi connectivity index (χ3n) is 1.90. The Kier molecular flexibility index (Phi) is 2.77. The molecule has 6 heteroatoms. The second kappa shape index (κ2) is 4.41. The van der Waals surface area contributed by atoms with Gasteiger partial charge in [0.05, 0.1) is 6.54 Å². The number of nitrogens with one attached hydrogen (secondary N) is 2. The first kappa shape index (κ1) is 9.45. The van der Waals surface area contributed by atoms with Crippen molar-refractivity contribution in [3.63, 3.8) is 0 Å². The molecule has 0 aliphatic carbocycles. The molecule has 2 heterocycles. The average Bonchev–Trinajstić information content (AvgIpc) is 2.74. The van der Waals surface area contributed by atoms with Crippen LogP contribution in [-0.2, 0) is 6.54 Å². The Morgan fingerprint density at radius 1 is 1.47 bits per heavy atom. The molecule has 0 atom stereocenters. The summed E-state index contributed by atoms with van der Waals surface area (Å²) in [5, 5.41) is 6.98. The molecule has 0 aliphatic heterocycles. The van der Waals surface area contributed by atoms with Gasteiger partial charge in [0.2, 0.25) is 0 Å². The van der Waals surface area contributed by atoms with E-state index in [1.165, 1.54) is 12.4 Å². The van der Waals surface area contributed by atoms with Crippen LogP contribution in [0, 0.1) is 0 Å². The van der Waals surface area contributed by atoms with E-state index < -0.39 is 0 Å². The molecular weight excluding hydrogens is 194 g/mol. The van der Waals surface area contributed by atoms with Crippen molar-refractivity contribution in [2.24, 2.45) is 0 Å². The van der Waals surface area contributed by atoms with Crippen LogP contribution >= 0.6 is 0 Å². The van der Waals surface area contributed by atoms with Crippen molar-refractivity contribution >= 4 is 5.82 Å². The van der Waals surface area contributed by atoms with Crippen molar-refractivity contribution in [1.29, 1.82) is 0 Å². The van der Waals surface area contributed by atoms with Crippen LogP contribution in [0.4, 0.5) is 5.82 Å². The fraction of sp³-hybridized carbons (Fsp3) is 0.222. The Hall–Kier alpha value is -2.11. The first-order valence-electron chi connectivity index (χ1n) is 4.61. The van der Waals surface area contributed by atoms with Crippen LogP contribution in [0.3, 0.4) is 0 Å². The lowest BCUT2D eigenvalue weighted by atomic mass is 10.5. The number of hydrogen-bond acceptors (Lipinski definition) is 4. The zero-order chi connectivity index (χ0) is 10.5. The van der Waals surface area contributed by atoms with Gasteiger partial charge in [0.1, 0.15) is 0 Å². The van der Waals surface area contributed by atoms with Gasteiger partial charge in [-0.05, 0) is 6.07 Å². The molecule has 0 bridgehead atoms. The van der Waals surface area contributed by atoms with E-state index in [1.54, 1.807) is 10.9 Å². The maximum atomic E-state index is 11.2. The summed E-state index contributed by atoms with van der Waals surface area (Å²) in [6.07, 6.45) is 6.62. The summed E-state index contributed by atoms with van der Waals surface area (Å²) in [6.45, 7) is 1.31. The summed E-state index contributed by atoms with van der Waals surface area (Å²) >= 11 is 0. The maximum absolute atomic E-state index is 11.2.